The molecule has 3 aromatic heterocycles. The van der Waals surface area contributed by atoms with Crippen molar-refractivity contribution in [2.24, 2.45) is 7.05 Å². The molecule has 0 N–H and O–H groups in total. The Bertz CT molecular complexity index is 761. The van der Waals surface area contributed by atoms with Gasteiger partial charge in [0.05, 0.1) is 25.4 Å². The number of carbonyl (C=O) groups excluding carboxylic acids is 1. The van der Waals surface area contributed by atoms with Gasteiger partial charge in [-0.1, -0.05) is 5.21 Å². The predicted molar refractivity (Wildman–Crippen MR) is 74.8 cm³/mol. The number of hydrogen-bond donors (Lipinski definition) is 0. The number of thiazole rings is 1. The Labute approximate surface area is 124 Å². The number of aryl methyl sites for hydroxylation is 1. The Morgan fingerprint density at radius 2 is 2.29 bits per heavy atom. The van der Waals surface area contributed by atoms with Gasteiger partial charge in [0, 0.05) is 29.9 Å². The smallest absolute Gasteiger partial charge is 0.360 e. The maximum atomic E-state index is 11.9. The van der Waals surface area contributed by atoms with E-state index < -0.39 is 5.97 Å². The van der Waals surface area contributed by atoms with Crippen LogP contribution >= 0.6 is 11.3 Å². The van der Waals surface area contributed by atoms with Gasteiger partial charge in [0.25, 0.3) is 0 Å². The predicted octanol–water partition coefficient (Wildman–Crippen LogP) is 0.970. The van der Waals surface area contributed by atoms with E-state index in [1.807, 2.05) is 0 Å². The lowest BCUT2D eigenvalue weighted by Gasteiger charge is -2.04. The molecule has 9 heteroatoms. The molecule has 0 amide bonds. The van der Waals surface area contributed by atoms with Crippen LogP contribution in [0.1, 0.15) is 15.4 Å². The van der Waals surface area contributed by atoms with Gasteiger partial charge in [0.2, 0.25) is 0 Å². The summed E-state index contributed by atoms with van der Waals surface area (Å²) in [5, 5.41) is 12.1. The fourth-order valence-electron chi connectivity index (χ4n) is 1.95. The highest BCUT2D eigenvalue weighted by molar-refractivity contribution is 7.09. The molecule has 0 fully saturated rings. The second-order valence-electron chi connectivity index (χ2n) is 4.31. The van der Waals surface area contributed by atoms with E-state index in [0.29, 0.717) is 12.2 Å². The van der Waals surface area contributed by atoms with Gasteiger partial charge in [0.15, 0.2) is 5.69 Å². The van der Waals surface area contributed by atoms with Crippen LogP contribution in [0, 0.1) is 0 Å². The standard InChI is InChI=1S/C12H12N6O2S/c1-17-5-8(3-14-17)11-10(12(19)20-2)15-16-18(11)6-9-4-13-7-21-9/h3-5,7H,6H2,1-2H3. The summed E-state index contributed by atoms with van der Waals surface area (Å²) in [7, 11) is 3.12. The summed E-state index contributed by atoms with van der Waals surface area (Å²) < 4.78 is 8.06. The van der Waals surface area contributed by atoms with Crippen LogP contribution in [0.2, 0.25) is 0 Å². The van der Waals surface area contributed by atoms with Crippen molar-refractivity contribution in [1.29, 1.82) is 0 Å². The zero-order chi connectivity index (χ0) is 14.8. The number of hydrogen-bond acceptors (Lipinski definition) is 7. The van der Waals surface area contributed by atoms with Gasteiger partial charge in [-0.2, -0.15) is 5.10 Å². The van der Waals surface area contributed by atoms with E-state index in [1.165, 1.54) is 18.4 Å². The van der Waals surface area contributed by atoms with E-state index in [9.17, 15) is 4.79 Å². The molecule has 21 heavy (non-hydrogen) atoms. The molecule has 0 atom stereocenters. The Morgan fingerprint density at radius 3 is 2.90 bits per heavy atom. The van der Waals surface area contributed by atoms with Gasteiger partial charge in [-0.25, -0.2) is 9.48 Å². The molecule has 0 aliphatic rings. The number of carbonyl (C=O) groups is 1. The molecule has 3 heterocycles. The molecule has 0 spiro atoms. The summed E-state index contributed by atoms with van der Waals surface area (Å²) in [6.07, 6.45) is 5.22. The average Bonchev–Trinajstić information content (AvgIpc) is 3.19. The second kappa shape index (κ2) is 5.44. The first kappa shape index (κ1) is 13.4. The molecule has 8 nitrogen and oxygen atoms in total. The van der Waals surface area contributed by atoms with E-state index >= 15 is 0 Å². The maximum Gasteiger partial charge on any atom is 0.360 e. The van der Waals surface area contributed by atoms with Crippen molar-refractivity contribution in [3.8, 4) is 11.3 Å². The van der Waals surface area contributed by atoms with E-state index in [2.05, 4.69) is 20.4 Å². The lowest BCUT2D eigenvalue weighted by molar-refractivity contribution is 0.0595. The number of ether oxygens (including phenoxy) is 1. The molecule has 108 valence electrons. The van der Waals surface area contributed by atoms with Crippen LogP contribution in [-0.2, 0) is 18.3 Å². The van der Waals surface area contributed by atoms with Crippen molar-refractivity contribution in [3.63, 3.8) is 0 Å². The normalized spacial score (nSPS) is 10.8. The summed E-state index contributed by atoms with van der Waals surface area (Å²) in [5.41, 5.74) is 3.27. The first-order valence-electron chi connectivity index (χ1n) is 6.07. The van der Waals surface area contributed by atoms with Crippen LogP contribution in [0.25, 0.3) is 11.3 Å². The van der Waals surface area contributed by atoms with Crippen molar-refractivity contribution >= 4 is 17.3 Å². The first-order valence-corrected chi connectivity index (χ1v) is 6.95. The van der Waals surface area contributed by atoms with Crippen LogP contribution in [0.15, 0.2) is 24.1 Å². The number of esters is 1. The fraction of sp³-hybridized carbons (Fsp3) is 0.250. The third-order valence-electron chi connectivity index (χ3n) is 2.88. The van der Waals surface area contributed by atoms with Crippen LogP contribution in [0.5, 0.6) is 0 Å². The van der Waals surface area contributed by atoms with Gasteiger partial charge in [-0.05, 0) is 0 Å². The third-order valence-corrected chi connectivity index (χ3v) is 3.65. The summed E-state index contributed by atoms with van der Waals surface area (Å²) >= 11 is 1.51. The van der Waals surface area contributed by atoms with Crippen molar-refractivity contribution in [2.75, 3.05) is 7.11 Å². The molecule has 0 aliphatic heterocycles. The second-order valence-corrected chi connectivity index (χ2v) is 5.28. The molecule has 0 unspecified atom stereocenters. The van der Waals surface area contributed by atoms with Gasteiger partial charge >= 0.3 is 5.97 Å². The van der Waals surface area contributed by atoms with E-state index in [-0.39, 0.29) is 5.69 Å². The quantitative estimate of drug-likeness (QED) is 0.667. The minimum atomic E-state index is -0.524. The highest BCUT2D eigenvalue weighted by atomic mass is 32.1. The zero-order valence-corrected chi connectivity index (χ0v) is 12.2. The number of methoxy groups -OCH3 is 1. The average molecular weight is 304 g/mol. The minimum absolute atomic E-state index is 0.176. The topological polar surface area (TPSA) is 87.7 Å². The third kappa shape index (κ3) is 2.55. The number of nitrogens with zero attached hydrogens (tertiary/aromatic N) is 6. The van der Waals surface area contributed by atoms with Crippen molar-refractivity contribution in [3.05, 3.63) is 34.7 Å². The summed E-state index contributed by atoms with van der Waals surface area (Å²) in [6, 6.07) is 0. The molecule has 0 saturated heterocycles. The minimum Gasteiger partial charge on any atom is -0.464 e. The number of rotatable bonds is 4. The van der Waals surface area contributed by atoms with Crippen LogP contribution in [0.4, 0.5) is 0 Å². The summed E-state index contributed by atoms with van der Waals surface area (Å²) in [4.78, 5) is 16.9. The first-order chi connectivity index (χ1) is 10.2. The lowest BCUT2D eigenvalue weighted by atomic mass is 10.2. The van der Waals surface area contributed by atoms with E-state index in [0.717, 1.165) is 10.4 Å². The number of aromatic nitrogens is 6. The van der Waals surface area contributed by atoms with Crippen LogP contribution < -0.4 is 0 Å². The van der Waals surface area contributed by atoms with Gasteiger partial charge in [-0.15, -0.1) is 16.4 Å². The van der Waals surface area contributed by atoms with E-state index in [1.54, 1.807) is 40.5 Å². The Balaban J connectivity index is 2.07. The largest absolute Gasteiger partial charge is 0.464 e. The lowest BCUT2D eigenvalue weighted by Crippen LogP contribution is -2.06. The molecule has 0 bridgehead atoms. The van der Waals surface area contributed by atoms with Crippen LogP contribution in [-0.4, -0.2) is 42.8 Å². The molecular weight excluding hydrogens is 292 g/mol. The SMILES string of the molecule is COC(=O)c1nnn(Cc2cncs2)c1-c1cnn(C)c1. The fourth-order valence-corrected chi connectivity index (χ4v) is 2.53. The molecule has 0 radical (unpaired) electrons. The highest BCUT2D eigenvalue weighted by Gasteiger charge is 2.23. The Morgan fingerprint density at radius 1 is 1.43 bits per heavy atom. The highest BCUT2D eigenvalue weighted by Crippen LogP contribution is 2.23. The molecule has 3 rings (SSSR count). The van der Waals surface area contributed by atoms with Gasteiger partial charge in [0.1, 0.15) is 5.69 Å². The molecule has 0 aliphatic carbocycles. The summed E-state index contributed by atoms with van der Waals surface area (Å²) in [5.74, 6) is -0.524. The van der Waals surface area contributed by atoms with Gasteiger partial charge in [-0.3, -0.25) is 9.67 Å². The zero-order valence-electron chi connectivity index (χ0n) is 11.4. The monoisotopic (exact) mass is 304 g/mol. The van der Waals surface area contributed by atoms with E-state index in [4.69, 9.17) is 4.74 Å². The summed E-state index contributed by atoms with van der Waals surface area (Å²) in [6.45, 7) is 0.485. The van der Waals surface area contributed by atoms with Crippen molar-refractivity contribution < 1.29 is 9.53 Å². The molecule has 3 aromatic rings. The Hall–Kier alpha value is -2.55. The van der Waals surface area contributed by atoms with Crippen LogP contribution in [0.3, 0.4) is 0 Å². The molecular formula is C12H12N6O2S. The maximum absolute atomic E-state index is 11.9. The van der Waals surface area contributed by atoms with Crippen molar-refractivity contribution in [1.82, 2.24) is 29.8 Å². The molecule has 0 saturated carbocycles. The molecule has 0 aromatic carbocycles. The Kier molecular flexibility index (Phi) is 3.48. The van der Waals surface area contributed by atoms with Crippen molar-refractivity contribution in [2.45, 2.75) is 6.54 Å². The van der Waals surface area contributed by atoms with Gasteiger partial charge < -0.3 is 4.74 Å².